The van der Waals surface area contributed by atoms with Gasteiger partial charge in [-0.3, -0.25) is 4.79 Å². The molecule has 86 valence electrons. The van der Waals surface area contributed by atoms with Gasteiger partial charge in [0, 0.05) is 5.03 Å². The lowest BCUT2D eigenvalue weighted by Gasteiger charge is -1.98. The van der Waals surface area contributed by atoms with Gasteiger partial charge in [-0.05, 0) is 24.6 Å². The molecule has 0 saturated carbocycles. The van der Waals surface area contributed by atoms with E-state index in [1.807, 2.05) is 31.2 Å². The molecule has 0 saturated heterocycles. The lowest BCUT2D eigenvalue weighted by molar-refractivity contribution is -0.114. The number of halogens is 1. The standard InChI is InChI=1S/C13H11ClN2O/c1-9-2-4-10(5-3-9)12(14)7-6-11(8-15)13(16)17/h2-7H,1H3,(H2,16,17). The third kappa shape index (κ3) is 3.78. The van der Waals surface area contributed by atoms with Crippen molar-refractivity contribution in [1.82, 2.24) is 0 Å². The van der Waals surface area contributed by atoms with Crippen molar-refractivity contribution in [2.24, 2.45) is 5.73 Å². The van der Waals surface area contributed by atoms with Crippen molar-refractivity contribution in [3.8, 4) is 6.07 Å². The van der Waals surface area contributed by atoms with Crippen LogP contribution < -0.4 is 5.73 Å². The monoisotopic (exact) mass is 246 g/mol. The molecule has 1 aromatic carbocycles. The summed E-state index contributed by atoms with van der Waals surface area (Å²) in [4.78, 5) is 10.8. The second kappa shape index (κ2) is 5.88. The fraction of sp³-hybridized carbons (Fsp3) is 0.0769. The number of hydrogen-bond acceptors (Lipinski definition) is 2. The smallest absolute Gasteiger partial charge is 0.259 e. The topological polar surface area (TPSA) is 66.9 Å². The minimum atomic E-state index is -0.767. The van der Waals surface area contributed by atoms with E-state index < -0.39 is 5.91 Å². The maximum atomic E-state index is 10.8. The highest BCUT2D eigenvalue weighted by molar-refractivity contribution is 6.48. The molecule has 0 aliphatic carbocycles. The third-order valence-electron chi connectivity index (χ3n) is 2.11. The van der Waals surface area contributed by atoms with E-state index in [-0.39, 0.29) is 5.57 Å². The summed E-state index contributed by atoms with van der Waals surface area (Å²) in [6.45, 7) is 1.97. The van der Waals surface area contributed by atoms with Crippen LogP contribution in [0.3, 0.4) is 0 Å². The molecule has 1 rings (SSSR count). The van der Waals surface area contributed by atoms with Gasteiger partial charge in [0.2, 0.25) is 0 Å². The lowest BCUT2D eigenvalue weighted by atomic mass is 10.1. The van der Waals surface area contributed by atoms with Crippen LogP contribution in [0.25, 0.3) is 5.03 Å². The predicted octanol–water partition coefficient (Wildman–Crippen LogP) is 2.51. The molecule has 3 nitrogen and oxygen atoms in total. The van der Waals surface area contributed by atoms with Crippen molar-refractivity contribution in [3.05, 3.63) is 53.1 Å². The van der Waals surface area contributed by atoms with Crippen LogP contribution in [-0.4, -0.2) is 5.91 Å². The number of nitrogens with two attached hydrogens (primary N) is 1. The molecule has 0 bridgehead atoms. The number of nitriles is 1. The maximum Gasteiger partial charge on any atom is 0.259 e. The fourth-order valence-corrected chi connectivity index (χ4v) is 1.33. The van der Waals surface area contributed by atoms with E-state index in [4.69, 9.17) is 22.6 Å². The molecule has 0 unspecified atom stereocenters. The minimum absolute atomic E-state index is 0.129. The fourth-order valence-electron chi connectivity index (χ4n) is 1.14. The van der Waals surface area contributed by atoms with Crippen LogP contribution in [0, 0.1) is 18.3 Å². The highest BCUT2D eigenvalue weighted by atomic mass is 35.5. The first-order chi connectivity index (χ1) is 8.04. The quantitative estimate of drug-likeness (QED) is 0.506. The van der Waals surface area contributed by atoms with Crippen molar-refractivity contribution in [1.29, 1.82) is 5.26 Å². The first kappa shape index (κ1) is 13.0. The molecular formula is C13H11ClN2O. The van der Waals surface area contributed by atoms with Crippen LogP contribution in [0.2, 0.25) is 0 Å². The van der Waals surface area contributed by atoms with Gasteiger partial charge in [-0.1, -0.05) is 41.4 Å². The Morgan fingerprint density at radius 3 is 2.41 bits per heavy atom. The zero-order valence-corrected chi connectivity index (χ0v) is 10.0. The normalized spacial score (nSPS) is 12.1. The van der Waals surface area contributed by atoms with Crippen LogP contribution in [0.4, 0.5) is 0 Å². The van der Waals surface area contributed by atoms with E-state index in [0.717, 1.165) is 11.1 Å². The van der Waals surface area contributed by atoms with Crippen LogP contribution in [0.15, 0.2) is 42.0 Å². The van der Waals surface area contributed by atoms with Gasteiger partial charge in [0.05, 0.1) is 0 Å². The molecule has 17 heavy (non-hydrogen) atoms. The summed E-state index contributed by atoms with van der Waals surface area (Å²) in [7, 11) is 0. The lowest BCUT2D eigenvalue weighted by Crippen LogP contribution is -2.12. The Kier molecular flexibility index (Phi) is 4.50. The van der Waals surface area contributed by atoms with Gasteiger partial charge in [-0.2, -0.15) is 5.26 Å². The molecule has 2 N–H and O–H groups in total. The summed E-state index contributed by atoms with van der Waals surface area (Å²) < 4.78 is 0. The Labute approximate surface area is 105 Å². The Morgan fingerprint density at radius 2 is 1.94 bits per heavy atom. The summed E-state index contributed by atoms with van der Waals surface area (Å²) in [6, 6.07) is 9.27. The van der Waals surface area contributed by atoms with Gasteiger partial charge >= 0.3 is 0 Å². The van der Waals surface area contributed by atoms with Crippen molar-refractivity contribution >= 4 is 22.5 Å². The van der Waals surface area contributed by atoms with Gasteiger partial charge in [-0.25, -0.2) is 0 Å². The largest absolute Gasteiger partial charge is 0.365 e. The minimum Gasteiger partial charge on any atom is -0.365 e. The molecule has 4 heteroatoms. The number of carbonyl (C=O) groups excluding carboxylic acids is 1. The number of primary amides is 1. The summed E-state index contributed by atoms with van der Waals surface area (Å²) in [5.41, 5.74) is 6.80. The van der Waals surface area contributed by atoms with Gasteiger partial charge in [-0.15, -0.1) is 0 Å². The zero-order chi connectivity index (χ0) is 12.8. The number of benzene rings is 1. The molecule has 0 radical (unpaired) electrons. The molecule has 1 amide bonds. The van der Waals surface area contributed by atoms with Gasteiger partial charge < -0.3 is 5.73 Å². The van der Waals surface area contributed by atoms with Crippen LogP contribution in [-0.2, 0) is 4.79 Å². The Balaban J connectivity index is 2.98. The average Bonchev–Trinajstić information content (AvgIpc) is 2.30. The third-order valence-corrected chi connectivity index (χ3v) is 2.45. The average molecular weight is 247 g/mol. The van der Waals surface area contributed by atoms with E-state index in [0.29, 0.717) is 5.03 Å². The van der Waals surface area contributed by atoms with E-state index in [1.54, 1.807) is 6.07 Å². The Bertz CT molecular complexity index is 521. The van der Waals surface area contributed by atoms with E-state index in [9.17, 15) is 4.79 Å². The molecule has 0 aliphatic rings. The van der Waals surface area contributed by atoms with Crippen LogP contribution in [0.1, 0.15) is 11.1 Å². The summed E-state index contributed by atoms with van der Waals surface area (Å²) >= 11 is 6.02. The SMILES string of the molecule is Cc1ccc(C(Cl)=CC=C(C#N)C(N)=O)cc1. The number of hydrogen-bond donors (Lipinski definition) is 1. The van der Waals surface area contributed by atoms with Crippen LogP contribution in [0.5, 0.6) is 0 Å². The molecule has 0 atom stereocenters. The summed E-state index contributed by atoms with van der Waals surface area (Å²) in [6.07, 6.45) is 2.79. The van der Waals surface area contributed by atoms with E-state index in [2.05, 4.69) is 0 Å². The van der Waals surface area contributed by atoms with Gasteiger partial charge in [0.25, 0.3) is 5.91 Å². The Morgan fingerprint density at radius 1 is 1.35 bits per heavy atom. The van der Waals surface area contributed by atoms with E-state index in [1.165, 1.54) is 12.2 Å². The number of amides is 1. The summed E-state index contributed by atoms with van der Waals surface area (Å²) in [5, 5.41) is 9.07. The van der Waals surface area contributed by atoms with Crippen molar-refractivity contribution in [2.75, 3.05) is 0 Å². The molecule has 0 fully saturated rings. The zero-order valence-electron chi connectivity index (χ0n) is 9.27. The summed E-state index contributed by atoms with van der Waals surface area (Å²) in [5.74, 6) is -0.767. The number of nitrogens with zero attached hydrogens (tertiary/aromatic N) is 1. The number of rotatable bonds is 3. The first-order valence-corrected chi connectivity index (χ1v) is 5.27. The van der Waals surface area contributed by atoms with E-state index >= 15 is 0 Å². The van der Waals surface area contributed by atoms with Crippen molar-refractivity contribution < 1.29 is 4.79 Å². The molecular weight excluding hydrogens is 236 g/mol. The van der Waals surface area contributed by atoms with Gasteiger partial charge in [0.15, 0.2) is 0 Å². The van der Waals surface area contributed by atoms with Crippen molar-refractivity contribution in [3.63, 3.8) is 0 Å². The maximum absolute atomic E-state index is 10.8. The molecule has 0 aromatic heterocycles. The highest BCUT2D eigenvalue weighted by Crippen LogP contribution is 2.19. The molecule has 0 aliphatic heterocycles. The Hall–Kier alpha value is -2.05. The second-order valence-corrected chi connectivity index (χ2v) is 3.84. The number of carbonyl (C=O) groups is 1. The van der Waals surface area contributed by atoms with Gasteiger partial charge in [0.1, 0.15) is 11.6 Å². The molecule has 0 heterocycles. The highest BCUT2D eigenvalue weighted by Gasteiger charge is 2.01. The second-order valence-electron chi connectivity index (χ2n) is 3.44. The molecule has 0 spiro atoms. The first-order valence-electron chi connectivity index (χ1n) is 4.89. The number of allylic oxidation sites excluding steroid dienone is 2. The van der Waals surface area contributed by atoms with Crippen molar-refractivity contribution in [2.45, 2.75) is 6.92 Å². The predicted molar refractivity (Wildman–Crippen MR) is 67.9 cm³/mol. The molecule has 1 aromatic rings. The number of aryl methyl sites for hydroxylation is 1. The van der Waals surface area contributed by atoms with Crippen LogP contribution >= 0.6 is 11.6 Å².